The van der Waals surface area contributed by atoms with Crippen molar-refractivity contribution < 1.29 is 23.4 Å². The van der Waals surface area contributed by atoms with Crippen LogP contribution in [0.2, 0.25) is 0 Å². The summed E-state index contributed by atoms with van der Waals surface area (Å²) >= 11 is 0. The van der Waals surface area contributed by atoms with Crippen LogP contribution in [0.4, 0.5) is 0 Å². The summed E-state index contributed by atoms with van der Waals surface area (Å²) in [6, 6.07) is 10.1. The van der Waals surface area contributed by atoms with Crippen molar-refractivity contribution in [1.82, 2.24) is 9.88 Å². The zero-order chi connectivity index (χ0) is 22.8. The van der Waals surface area contributed by atoms with Gasteiger partial charge >= 0.3 is 0 Å². The van der Waals surface area contributed by atoms with Crippen molar-refractivity contribution in [2.75, 3.05) is 34.5 Å². The van der Waals surface area contributed by atoms with Gasteiger partial charge < -0.3 is 23.4 Å². The summed E-state index contributed by atoms with van der Waals surface area (Å²) in [5, 5.41) is 0. The second-order valence-electron chi connectivity index (χ2n) is 7.99. The van der Waals surface area contributed by atoms with E-state index in [1.54, 1.807) is 14.2 Å². The number of aromatic nitrogens is 1. The summed E-state index contributed by atoms with van der Waals surface area (Å²) in [6.07, 6.45) is 0. The minimum absolute atomic E-state index is 0.156. The van der Waals surface area contributed by atoms with E-state index in [1.165, 1.54) is 0 Å². The Kier molecular flexibility index (Phi) is 6.28. The van der Waals surface area contributed by atoms with Gasteiger partial charge in [0.2, 0.25) is 5.89 Å². The molecule has 0 fully saturated rings. The van der Waals surface area contributed by atoms with E-state index in [4.69, 9.17) is 28.3 Å². The highest BCUT2D eigenvalue weighted by Gasteiger charge is 2.22. The lowest BCUT2D eigenvalue weighted by Crippen LogP contribution is -2.23. The third-order valence-electron chi connectivity index (χ3n) is 6.01. The first kappa shape index (κ1) is 22.0. The van der Waals surface area contributed by atoms with Crippen LogP contribution >= 0.6 is 0 Å². The van der Waals surface area contributed by atoms with E-state index in [0.717, 1.165) is 45.4 Å². The fourth-order valence-electron chi connectivity index (χ4n) is 3.96. The van der Waals surface area contributed by atoms with Crippen molar-refractivity contribution >= 4 is 0 Å². The second kappa shape index (κ2) is 9.12. The lowest BCUT2D eigenvalue weighted by Gasteiger charge is -2.26. The summed E-state index contributed by atoms with van der Waals surface area (Å²) < 4.78 is 28.5. The largest absolute Gasteiger partial charge is 0.496 e. The molecule has 7 nitrogen and oxygen atoms in total. The topological polar surface area (TPSA) is 66.2 Å². The summed E-state index contributed by atoms with van der Waals surface area (Å²) in [7, 11) is 5.37. The van der Waals surface area contributed by atoms with Crippen LogP contribution in [-0.2, 0) is 6.54 Å². The van der Waals surface area contributed by atoms with E-state index in [2.05, 4.69) is 31.0 Å². The zero-order valence-electron chi connectivity index (χ0n) is 19.5. The van der Waals surface area contributed by atoms with Crippen molar-refractivity contribution in [2.24, 2.45) is 0 Å². The van der Waals surface area contributed by atoms with Crippen molar-refractivity contribution in [3.63, 3.8) is 0 Å². The molecule has 0 saturated carbocycles. The SMILES string of the molecule is COc1ccc(-c2nc(CN(C)C(C)c3ccc4c(c3)OCCO4)c(C)o2)c(OC)c1C. The Hall–Kier alpha value is -3.19. The predicted octanol–water partition coefficient (Wildman–Crippen LogP) is 4.94. The molecule has 4 rings (SSSR count). The van der Waals surface area contributed by atoms with Crippen molar-refractivity contribution in [3.05, 3.63) is 52.9 Å². The first-order valence-electron chi connectivity index (χ1n) is 10.7. The number of aryl methyl sites for hydroxylation is 1. The lowest BCUT2D eigenvalue weighted by molar-refractivity contribution is 0.170. The maximum absolute atomic E-state index is 6.04. The van der Waals surface area contributed by atoms with Gasteiger partial charge in [0.1, 0.15) is 30.5 Å². The van der Waals surface area contributed by atoms with E-state index >= 15 is 0 Å². The normalized spacial score (nSPS) is 13.8. The van der Waals surface area contributed by atoms with Crippen LogP contribution in [0, 0.1) is 13.8 Å². The molecule has 0 bridgehead atoms. The van der Waals surface area contributed by atoms with E-state index < -0.39 is 0 Å². The minimum Gasteiger partial charge on any atom is -0.496 e. The fourth-order valence-corrected chi connectivity index (χ4v) is 3.96. The predicted molar refractivity (Wildman–Crippen MR) is 122 cm³/mol. The number of rotatable bonds is 7. The highest BCUT2D eigenvalue weighted by atomic mass is 16.6. The summed E-state index contributed by atoms with van der Waals surface area (Å²) in [4.78, 5) is 7.03. The summed E-state index contributed by atoms with van der Waals surface area (Å²) in [5.74, 6) is 4.40. The van der Waals surface area contributed by atoms with Crippen LogP contribution in [-0.4, -0.2) is 44.4 Å². The number of nitrogens with zero attached hydrogens (tertiary/aromatic N) is 2. The van der Waals surface area contributed by atoms with Crippen LogP contribution in [0.3, 0.4) is 0 Å². The zero-order valence-corrected chi connectivity index (χ0v) is 19.5. The Labute approximate surface area is 188 Å². The smallest absolute Gasteiger partial charge is 0.230 e. The molecule has 0 spiro atoms. The number of hydrogen-bond donors (Lipinski definition) is 0. The number of ether oxygens (including phenoxy) is 4. The Balaban J connectivity index is 1.55. The molecule has 1 aromatic heterocycles. The fraction of sp³-hybridized carbons (Fsp3) is 0.400. The van der Waals surface area contributed by atoms with E-state index in [-0.39, 0.29) is 6.04 Å². The molecule has 0 N–H and O–H groups in total. The average molecular weight is 439 g/mol. The molecule has 3 aromatic rings. The van der Waals surface area contributed by atoms with Gasteiger partial charge in [0.25, 0.3) is 0 Å². The Morgan fingerprint density at radius 2 is 1.78 bits per heavy atom. The van der Waals surface area contributed by atoms with E-state index in [0.29, 0.717) is 31.4 Å². The summed E-state index contributed by atoms with van der Waals surface area (Å²) in [5.41, 5.74) is 3.77. The van der Waals surface area contributed by atoms with Gasteiger partial charge in [0, 0.05) is 18.2 Å². The van der Waals surface area contributed by atoms with E-state index in [1.807, 2.05) is 32.0 Å². The number of oxazole rings is 1. The van der Waals surface area contributed by atoms with E-state index in [9.17, 15) is 0 Å². The third kappa shape index (κ3) is 4.12. The second-order valence-corrected chi connectivity index (χ2v) is 7.99. The molecular formula is C25H30N2O5. The molecule has 1 unspecified atom stereocenters. The van der Waals surface area contributed by atoms with Crippen molar-refractivity contribution in [2.45, 2.75) is 33.4 Å². The molecule has 170 valence electrons. The van der Waals surface area contributed by atoms with Gasteiger partial charge in [-0.2, -0.15) is 0 Å². The van der Waals surface area contributed by atoms with Gasteiger partial charge in [0.05, 0.1) is 25.5 Å². The van der Waals surface area contributed by atoms with Gasteiger partial charge in [-0.1, -0.05) is 6.07 Å². The molecule has 32 heavy (non-hydrogen) atoms. The van der Waals surface area contributed by atoms with Gasteiger partial charge in [0.15, 0.2) is 11.5 Å². The van der Waals surface area contributed by atoms with Gasteiger partial charge in [-0.25, -0.2) is 4.98 Å². The number of methoxy groups -OCH3 is 2. The minimum atomic E-state index is 0.156. The molecule has 0 radical (unpaired) electrons. The van der Waals surface area contributed by atoms with Crippen LogP contribution in [0.25, 0.3) is 11.5 Å². The third-order valence-corrected chi connectivity index (χ3v) is 6.01. The highest BCUT2D eigenvalue weighted by Crippen LogP contribution is 2.38. The molecule has 2 aromatic carbocycles. The average Bonchev–Trinajstić information content (AvgIpc) is 3.17. The van der Waals surface area contributed by atoms with Crippen LogP contribution in [0.5, 0.6) is 23.0 Å². The molecule has 0 saturated heterocycles. The Morgan fingerprint density at radius 1 is 1.03 bits per heavy atom. The molecule has 0 aliphatic carbocycles. The Morgan fingerprint density at radius 3 is 2.50 bits per heavy atom. The first-order chi connectivity index (χ1) is 15.4. The molecule has 7 heteroatoms. The standard InChI is InChI=1S/C25H30N2O5/c1-15-21(28-5)10-8-19(24(15)29-6)25-26-20(17(3)32-25)14-27(4)16(2)18-7-9-22-23(13-18)31-12-11-30-22/h7-10,13,16H,11-12,14H2,1-6H3. The van der Waals surface area contributed by atoms with Crippen LogP contribution < -0.4 is 18.9 Å². The van der Waals surface area contributed by atoms with Crippen molar-refractivity contribution in [3.8, 4) is 34.5 Å². The molecule has 2 heterocycles. The Bertz CT molecular complexity index is 1110. The molecule has 0 amide bonds. The van der Waals surface area contributed by atoms with Gasteiger partial charge in [-0.05, 0) is 57.6 Å². The van der Waals surface area contributed by atoms with Gasteiger partial charge in [-0.15, -0.1) is 0 Å². The van der Waals surface area contributed by atoms with Crippen molar-refractivity contribution in [1.29, 1.82) is 0 Å². The highest BCUT2D eigenvalue weighted by molar-refractivity contribution is 5.68. The molecule has 1 aliphatic heterocycles. The summed E-state index contributed by atoms with van der Waals surface area (Å²) in [6.45, 7) is 7.88. The lowest BCUT2D eigenvalue weighted by atomic mass is 10.1. The number of fused-ring (bicyclic) bond motifs is 1. The maximum Gasteiger partial charge on any atom is 0.230 e. The van der Waals surface area contributed by atoms with Crippen LogP contribution in [0.15, 0.2) is 34.7 Å². The monoisotopic (exact) mass is 438 g/mol. The van der Waals surface area contributed by atoms with Crippen LogP contribution in [0.1, 0.15) is 35.5 Å². The number of benzene rings is 2. The first-order valence-corrected chi connectivity index (χ1v) is 10.7. The quantitative estimate of drug-likeness (QED) is 0.518. The number of hydrogen-bond acceptors (Lipinski definition) is 7. The molecule has 1 aliphatic rings. The maximum atomic E-state index is 6.04. The molecule has 1 atom stereocenters. The van der Waals surface area contributed by atoms with Gasteiger partial charge in [-0.3, -0.25) is 4.90 Å². The molecular weight excluding hydrogens is 408 g/mol.